The second kappa shape index (κ2) is 6.18. The molecule has 0 atom stereocenters. The fourth-order valence-electron chi connectivity index (χ4n) is 2.96. The van der Waals surface area contributed by atoms with Crippen molar-refractivity contribution in [1.82, 2.24) is 0 Å². The van der Waals surface area contributed by atoms with Crippen LogP contribution in [0.1, 0.15) is 33.5 Å². The van der Waals surface area contributed by atoms with Gasteiger partial charge in [0.1, 0.15) is 23.7 Å². The zero-order valence-corrected chi connectivity index (χ0v) is 15.6. The molecule has 26 heavy (non-hydrogen) atoms. The summed E-state index contributed by atoms with van der Waals surface area (Å²) in [7, 11) is -0.357. The molecule has 0 aliphatic carbocycles. The molecular weight excluding hydrogens is 327 g/mol. The molecule has 0 radical (unpaired) electrons. The predicted molar refractivity (Wildman–Crippen MR) is 103 cm³/mol. The summed E-state index contributed by atoms with van der Waals surface area (Å²) >= 11 is 0. The Morgan fingerprint density at radius 2 is 1.54 bits per heavy atom. The summed E-state index contributed by atoms with van der Waals surface area (Å²) < 4.78 is 23.8. The summed E-state index contributed by atoms with van der Waals surface area (Å²) in [6.45, 7) is 8.61. The summed E-state index contributed by atoms with van der Waals surface area (Å²) in [6.07, 6.45) is 0. The fraction of sp³-hybridized carbons (Fsp3) is 0.333. The van der Waals surface area contributed by atoms with Gasteiger partial charge in [-0.25, -0.2) is 0 Å². The van der Waals surface area contributed by atoms with Crippen LogP contribution in [0.3, 0.4) is 0 Å². The molecule has 3 aromatic rings. The van der Waals surface area contributed by atoms with Gasteiger partial charge in [0.2, 0.25) is 0 Å². The van der Waals surface area contributed by atoms with Gasteiger partial charge >= 0.3 is 7.12 Å². The molecule has 0 spiro atoms. The Kier molecular flexibility index (Phi) is 4.09. The zero-order chi connectivity index (χ0) is 18.4. The third-order valence-corrected chi connectivity index (χ3v) is 5.26. The van der Waals surface area contributed by atoms with Crippen molar-refractivity contribution in [2.45, 2.75) is 45.5 Å². The lowest BCUT2D eigenvalue weighted by atomic mass is 9.79. The molecular formula is C21H23BO4. The Labute approximate surface area is 154 Å². The van der Waals surface area contributed by atoms with Gasteiger partial charge in [-0.05, 0) is 57.4 Å². The second-order valence-corrected chi connectivity index (χ2v) is 7.70. The number of para-hydroxylation sites is 1. The predicted octanol–water partition coefficient (Wildman–Crippen LogP) is 4.31. The van der Waals surface area contributed by atoms with E-state index in [-0.39, 0.29) is 18.3 Å². The third kappa shape index (κ3) is 3.13. The summed E-state index contributed by atoms with van der Waals surface area (Å²) in [4.78, 5) is 0. The molecule has 0 unspecified atom stereocenters. The molecule has 1 aliphatic heterocycles. The minimum absolute atomic E-state index is 0.339. The molecule has 2 heterocycles. The van der Waals surface area contributed by atoms with E-state index in [0.717, 1.165) is 27.9 Å². The molecule has 4 nitrogen and oxygen atoms in total. The van der Waals surface area contributed by atoms with E-state index in [2.05, 4.69) is 27.7 Å². The fourth-order valence-corrected chi connectivity index (χ4v) is 2.96. The van der Waals surface area contributed by atoms with E-state index in [1.165, 1.54) is 0 Å². The van der Waals surface area contributed by atoms with Crippen LogP contribution < -0.4 is 10.2 Å². The van der Waals surface area contributed by atoms with Gasteiger partial charge < -0.3 is 18.5 Å². The van der Waals surface area contributed by atoms with Crippen molar-refractivity contribution in [2.24, 2.45) is 0 Å². The van der Waals surface area contributed by atoms with Crippen LogP contribution in [0.2, 0.25) is 0 Å². The standard InChI is InChI=1S/C21H23BO4/c1-20(2)21(3,4)26-22(25-20)16-9-11-17(12-10-16)23-14-18-13-15-7-5-6-8-19(15)24-18/h5-13H,14H2,1-4H3. The monoisotopic (exact) mass is 350 g/mol. The average molecular weight is 350 g/mol. The lowest BCUT2D eigenvalue weighted by Gasteiger charge is -2.32. The van der Waals surface area contributed by atoms with Crippen LogP contribution in [0.15, 0.2) is 59.0 Å². The molecule has 134 valence electrons. The van der Waals surface area contributed by atoms with Gasteiger partial charge in [-0.3, -0.25) is 0 Å². The van der Waals surface area contributed by atoms with Crippen LogP contribution in [0, 0.1) is 0 Å². The third-order valence-electron chi connectivity index (χ3n) is 5.26. The van der Waals surface area contributed by atoms with E-state index >= 15 is 0 Å². The molecule has 1 aromatic heterocycles. The molecule has 2 aromatic carbocycles. The van der Waals surface area contributed by atoms with E-state index in [9.17, 15) is 0 Å². The van der Waals surface area contributed by atoms with Crippen LogP contribution in [0.5, 0.6) is 5.75 Å². The maximum absolute atomic E-state index is 6.07. The Balaban J connectivity index is 1.42. The van der Waals surface area contributed by atoms with Crippen molar-refractivity contribution in [3.05, 3.63) is 60.4 Å². The number of rotatable bonds is 4. The summed E-state index contributed by atoms with van der Waals surface area (Å²) in [5, 5.41) is 1.09. The van der Waals surface area contributed by atoms with Crippen molar-refractivity contribution in [3.8, 4) is 5.75 Å². The Hall–Kier alpha value is -2.24. The lowest BCUT2D eigenvalue weighted by Crippen LogP contribution is -2.41. The highest BCUT2D eigenvalue weighted by atomic mass is 16.7. The molecule has 0 bridgehead atoms. The smallest absolute Gasteiger partial charge is 0.486 e. The molecule has 0 N–H and O–H groups in total. The molecule has 4 rings (SSSR count). The lowest BCUT2D eigenvalue weighted by molar-refractivity contribution is 0.00578. The number of fused-ring (bicyclic) bond motifs is 1. The van der Waals surface area contributed by atoms with Crippen molar-refractivity contribution >= 4 is 23.6 Å². The molecule has 0 saturated carbocycles. The van der Waals surface area contributed by atoms with Crippen molar-refractivity contribution in [2.75, 3.05) is 0 Å². The van der Waals surface area contributed by atoms with Gasteiger partial charge in [0, 0.05) is 5.39 Å². The van der Waals surface area contributed by atoms with Gasteiger partial charge in [-0.1, -0.05) is 30.3 Å². The van der Waals surface area contributed by atoms with E-state index in [0.29, 0.717) is 6.61 Å². The zero-order valence-electron chi connectivity index (χ0n) is 15.6. The van der Waals surface area contributed by atoms with Crippen molar-refractivity contribution in [3.63, 3.8) is 0 Å². The summed E-state index contributed by atoms with van der Waals surface area (Å²) in [6, 6.07) is 17.8. The highest BCUT2D eigenvalue weighted by Crippen LogP contribution is 2.36. The SMILES string of the molecule is CC1(C)OB(c2ccc(OCc3cc4ccccc4o3)cc2)OC1(C)C. The Morgan fingerprint density at radius 1 is 0.885 bits per heavy atom. The number of benzene rings is 2. The first kappa shape index (κ1) is 17.2. The van der Waals surface area contributed by atoms with Gasteiger partial charge in [-0.15, -0.1) is 0 Å². The average Bonchev–Trinajstić information content (AvgIpc) is 3.11. The minimum Gasteiger partial charge on any atom is -0.486 e. The van der Waals surface area contributed by atoms with Gasteiger partial charge in [0.05, 0.1) is 11.2 Å². The normalized spacial score (nSPS) is 18.4. The number of hydrogen-bond donors (Lipinski definition) is 0. The number of ether oxygens (including phenoxy) is 1. The first-order valence-corrected chi connectivity index (χ1v) is 8.90. The van der Waals surface area contributed by atoms with Crippen LogP contribution >= 0.6 is 0 Å². The number of hydrogen-bond acceptors (Lipinski definition) is 4. The Bertz CT molecular complexity index is 862. The molecule has 1 fully saturated rings. The van der Waals surface area contributed by atoms with E-state index < -0.39 is 0 Å². The molecule has 5 heteroatoms. The maximum atomic E-state index is 6.07. The first-order valence-electron chi connectivity index (χ1n) is 8.90. The molecule has 1 aliphatic rings. The number of furan rings is 1. The molecule has 0 amide bonds. The topological polar surface area (TPSA) is 40.8 Å². The van der Waals surface area contributed by atoms with E-state index in [4.69, 9.17) is 18.5 Å². The van der Waals surface area contributed by atoms with Crippen LogP contribution in [0.4, 0.5) is 0 Å². The van der Waals surface area contributed by atoms with Crippen molar-refractivity contribution < 1.29 is 18.5 Å². The maximum Gasteiger partial charge on any atom is 0.494 e. The summed E-state index contributed by atoms with van der Waals surface area (Å²) in [5.41, 5.74) is 1.18. The highest BCUT2D eigenvalue weighted by molar-refractivity contribution is 6.62. The minimum atomic E-state index is -0.357. The van der Waals surface area contributed by atoms with E-state index in [1.54, 1.807) is 0 Å². The van der Waals surface area contributed by atoms with E-state index in [1.807, 2.05) is 54.6 Å². The largest absolute Gasteiger partial charge is 0.494 e. The van der Waals surface area contributed by atoms with Gasteiger partial charge in [-0.2, -0.15) is 0 Å². The van der Waals surface area contributed by atoms with Gasteiger partial charge in [0.25, 0.3) is 0 Å². The first-order chi connectivity index (χ1) is 12.3. The summed E-state index contributed by atoms with van der Waals surface area (Å²) in [5.74, 6) is 1.59. The van der Waals surface area contributed by atoms with Crippen LogP contribution in [-0.4, -0.2) is 18.3 Å². The van der Waals surface area contributed by atoms with Gasteiger partial charge in [0.15, 0.2) is 0 Å². The van der Waals surface area contributed by atoms with Crippen LogP contribution in [-0.2, 0) is 15.9 Å². The Morgan fingerprint density at radius 3 is 2.19 bits per heavy atom. The van der Waals surface area contributed by atoms with Crippen LogP contribution in [0.25, 0.3) is 11.0 Å². The molecule has 1 saturated heterocycles. The highest BCUT2D eigenvalue weighted by Gasteiger charge is 2.51. The quantitative estimate of drug-likeness (QED) is 0.658. The second-order valence-electron chi connectivity index (χ2n) is 7.70. The van der Waals surface area contributed by atoms with Crippen molar-refractivity contribution in [1.29, 1.82) is 0 Å².